The molecule has 2 nitrogen and oxygen atoms in total. The third-order valence-electron chi connectivity index (χ3n) is 4.64. The van der Waals surface area contributed by atoms with Crippen LogP contribution in [0.25, 0.3) is 10.1 Å². The molecule has 0 radical (unpaired) electrons. The predicted octanol–water partition coefficient (Wildman–Crippen LogP) is 4.86. The monoisotopic (exact) mass is 378 g/mol. The van der Waals surface area contributed by atoms with Crippen molar-refractivity contribution in [2.45, 2.75) is 6.92 Å². The van der Waals surface area contributed by atoms with Crippen molar-refractivity contribution >= 4 is 43.8 Å². The molecular weight excluding hydrogens is 359 g/mol. The molecule has 0 fully saturated rings. The van der Waals surface area contributed by atoms with Gasteiger partial charge in [-0.05, 0) is 36.1 Å². The van der Waals surface area contributed by atoms with Gasteiger partial charge in [-0.1, -0.05) is 60.7 Å². The zero-order valence-corrected chi connectivity index (χ0v) is 16.4. The first-order valence-electron chi connectivity index (χ1n) is 8.43. The van der Waals surface area contributed by atoms with E-state index in [1.54, 1.807) is 18.4 Å². The van der Waals surface area contributed by atoms with Crippen LogP contribution in [0.2, 0.25) is 0 Å². The molecule has 130 valence electrons. The van der Waals surface area contributed by atoms with Crippen molar-refractivity contribution in [1.29, 1.82) is 0 Å². The normalized spacial score (nSPS) is 11.6. The van der Waals surface area contributed by atoms with Gasteiger partial charge in [0.2, 0.25) is 0 Å². The van der Waals surface area contributed by atoms with Crippen LogP contribution < -0.4 is 20.0 Å². The van der Waals surface area contributed by atoms with E-state index in [0.717, 1.165) is 36.6 Å². The van der Waals surface area contributed by atoms with Crippen LogP contribution in [-0.4, -0.2) is 7.11 Å². The molecule has 1 aromatic heterocycles. The molecule has 3 aromatic carbocycles. The number of fused-ring (bicyclic) bond motifs is 1. The van der Waals surface area contributed by atoms with Crippen LogP contribution in [0.1, 0.15) is 5.56 Å². The van der Waals surface area contributed by atoms with Gasteiger partial charge in [-0.2, -0.15) is 0 Å². The Morgan fingerprint density at radius 1 is 0.846 bits per heavy atom. The van der Waals surface area contributed by atoms with E-state index in [1.165, 1.54) is 0 Å². The lowest BCUT2D eigenvalue weighted by Crippen LogP contribution is -2.24. The Morgan fingerprint density at radius 3 is 1.96 bits per heavy atom. The van der Waals surface area contributed by atoms with E-state index in [2.05, 4.69) is 13.0 Å². The van der Waals surface area contributed by atoms with Gasteiger partial charge >= 0.3 is 0 Å². The van der Waals surface area contributed by atoms with Gasteiger partial charge in [0.05, 0.1) is 11.7 Å². The summed E-state index contributed by atoms with van der Waals surface area (Å²) in [4.78, 5) is 0. The lowest BCUT2D eigenvalue weighted by molar-refractivity contribution is 0.415. The molecule has 0 bridgehead atoms. The first-order chi connectivity index (χ1) is 12.6. The number of aryl methyl sites for hydroxylation is 1. The average molecular weight is 378 g/mol. The SMILES string of the molecule is COc1ccc2sc(P(=O)(c3ccccc3)c3ccccc3)c(C)c2c1. The summed E-state index contributed by atoms with van der Waals surface area (Å²) in [5.74, 6) is 0.819. The van der Waals surface area contributed by atoms with Crippen LogP contribution in [-0.2, 0) is 4.57 Å². The maximum absolute atomic E-state index is 14.5. The number of benzene rings is 3. The number of thiophene rings is 1. The minimum atomic E-state index is -2.93. The molecule has 0 spiro atoms. The Bertz CT molecular complexity index is 1060. The van der Waals surface area contributed by atoms with Gasteiger partial charge in [0.25, 0.3) is 0 Å². The van der Waals surface area contributed by atoms with E-state index >= 15 is 0 Å². The van der Waals surface area contributed by atoms with Crippen LogP contribution in [0.5, 0.6) is 5.75 Å². The Balaban J connectivity index is 2.04. The van der Waals surface area contributed by atoms with Crippen molar-refractivity contribution in [1.82, 2.24) is 0 Å². The van der Waals surface area contributed by atoms with Crippen molar-refractivity contribution in [2.24, 2.45) is 0 Å². The first kappa shape index (κ1) is 17.1. The van der Waals surface area contributed by atoms with Gasteiger partial charge in [-0.3, -0.25) is 0 Å². The van der Waals surface area contributed by atoms with Gasteiger partial charge in [0, 0.05) is 15.3 Å². The number of rotatable bonds is 4. The van der Waals surface area contributed by atoms with Crippen molar-refractivity contribution < 1.29 is 9.30 Å². The third kappa shape index (κ3) is 2.68. The highest BCUT2D eigenvalue weighted by Gasteiger charge is 2.33. The third-order valence-corrected chi connectivity index (χ3v) is 9.72. The van der Waals surface area contributed by atoms with Gasteiger partial charge in [0.15, 0.2) is 7.14 Å². The zero-order valence-electron chi connectivity index (χ0n) is 14.7. The van der Waals surface area contributed by atoms with Crippen LogP contribution in [0, 0.1) is 6.92 Å². The van der Waals surface area contributed by atoms with Gasteiger partial charge in [0.1, 0.15) is 5.75 Å². The summed E-state index contributed by atoms with van der Waals surface area (Å²) in [7, 11) is -1.26. The fraction of sp³-hybridized carbons (Fsp3) is 0.0909. The molecule has 0 N–H and O–H groups in total. The standard InChI is InChI=1S/C22H19O2PS/c1-16-20-15-17(24-2)13-14-21(20)26-22(16)25(23,18-9-5-3-6-10-18)19-11-7-4-8-12-19/h3-15H,1-2H3. The molecule has 1 heterocycles. The average Bonchev–Trinajstić information content (AvgIpc) is 3.05. The van der Waals surface area contributed by atoms with Crippen LogP contribution >= 0.6 is 18.5 Å². The molecule has 0 saturated carbocycles. The molecule has 4 aromatic rings. The molecule has 26 heavy (non-hydrogen) atoms. The topological polar surface area (TPSA) is 26.3 Å². The summed E-state index contributed by atoms with van der Waals surface area (Å²) in [6, 6.07) is 25.7. The molecular formula is C22H19O2PS. The van der Waals surface area contributed by atoms with E-state index in [1.807, 2.05) is 72.8 Å². The Kier molecular flexibility index (Phi) is 4.44. The van der Waals surface area contributed by atoms with Crippen LogP contribution in [0.15, 0.2) is 78.9 Å². The molecule has 0 aliphatic carbocycles. The summed E-state index contributed by atoms with van der Waals surface area (Å²) in [6.07, 6.45) is 0. The van der Waals surface area contributed by atoms with E-state index in [9.17, 15) is 4.57 Å². The predicted molar refractivity (Wildman–Crippen MR) is 113 cm³/mol. The van der Waals surface area contributed by atoms with Crippen LogP contribution in [0.3, 0.4) is 0 Å². The summed E-state index contributed by atoms with van der Waals surface area (Å²) >= 11 is 1.62. The second kappa shape index (κ2) is 6.75. The Labute approximate surface area is 157 Å². The number of methoxy groups -OCH3 is 1. The summed E-state index contributed by atoms with van der Waals surface area (Å²) in [6.45, 7) is 2.06. The first-order valence-corrected chi connectivity index (χ1v) is 11.0. The fourth-order valence-electron chi connectivity index (χ4n) is 3.27. The molecule has 0 amide bonds. The lowest BCUT2D eigenvalue weighted by Gasteiger charge is -2.19. The van der Waals surface area contributed by atoms with Gasteiger partial charge in [-0.25, -0.2) is 0 Å². The van der Waals surface area contributed by atoms with E-state index in [4.69, 9.17) is 4.74 Å². The van der Waals surface area contributed by atoms with E-state index in [0.29, 0.717) is 0 Å². The molecule has 4 heteroatoms. The molecule has 0 aliphatic rings. The smallest absolute Gasteiger partial charge is 0.180 e. The maximum atomic E-state index is 14.5. The molecule has 0 saturated heterocycles. The number of hydrogen-bond acceptors (Lipinski definition) is 3. The van der Waals surface area contributed by atoms with Crippen molar-refractivity contribution in [3.05, 3.63) is 84.4 Å². The number of ether oxygens (including phenoxy) is 1. The highest BCUT2D eigenvalue weighted by Crippen LogP contribution is 2.47. The summed E-state index contributed by atoms with van der Waals surface area (Å²) < 4.78 is 22.0. The minimum absolute atomic E-state index is 0.819. The fourth-order valence-corrected chi connectivity index (χ4v) is 8.19. The highest BCUT2D eigenvalue weighted by atomic mass is 32.1. The molecule has 0 atom stereocenters. The lowest BCUT2D eigenvalue weighted by atomic mass is 10.2. The second-order valence-corrected chi connectivity index (χ2v) is 10.2. The van der Waals surface area contributed by atoms with Crippen molar-refractivity contribution in [2.75, 3.05) is 7.11 Å². The van der Waals surface area contributed by atoms with Crippen LogP contribution in [0.4, 0.5) is 0 Å². The Morgan fingerprint density at radius 2 is 1.42 bits per heavy atom. The second-order valence-electron chi connectivity index (χ2n) is 6.17. The number of hydrogen-bond donors (Lipinski definition) is 0. The summed E-state index contributed by atoms with van der Waals surface area (Å²) in [5, 5.41) is 2.84. The van der Waals surface area contributed by atoms with Crippen molar-refractivity contribution in [3.63, 3.8) is 0 Å². The summed E-state index contributed by atoms with van der Waals surface area (Å²) in [5.41, 5.74) is 1.07. The van der Waals surface area contributed by atoms with Crippen molar-refractivity contribution in [3.8, 4) is 5.75 Å². The van der Waals surface area contributed by atoms with Gasteiger partial charge < -0.3 is 9.30 Å². The highest BCUT2D eigenvalue weighted by molar-refractivity contribution is 7.89. The van der Waals surface area contributed by atoms with E-state index < -0.39 is 7.14 Å². The largest absolute Gasteiger partial charge is 0.497 e. The molecule has 0 unspecified atom stereocenters. The quantitative estimate of drug-likeness (QED) is 0.474. The molecule has 0 aliphatic heterocycles. The maximum Gasteiger partial charge on any atom is 0.180 e. The van der Waals surface area contributed by atoms with E-state index in [-0.39, 0.29) is 0 Å². The molecule has 4 rings (SSSR count). The minimum Gasteiger partial charge on any atom is -0.497 e. The zero-order chi connectivity index (χ0) is 18.1. The van der Waals surface area contributed by atoms with Gasteiger partial charge in [-0.15, -0.1) is 11.3 Å². The Hall–Kier alpha value is -2.35.